The van der Waals surface area contributed by atoms with Gasteiger partial charge in [-0.25, -0.2) is 4.98 Å². The minimum atomic E-state index is -4.51. The molecule has 1 aromatic heterocycles. The lowest BCUT2D eigenvalue weighted by molar-refractivity contribution is -0.293. The number of hydrogen-bond donors (Lipinski definition) is 0. The van der Waals surface area contributed by atoms with Crippen molar-refractivity contribution in [1.29, 1.82) is 0 Å². The van der Waals surface area contributed by atoms with Crippen LogP contribution in [0.5, 0.6) is 0 Å². The van der Waals surface area contributed by atoms with Crippen LogP contribution >= 0.6 is 11.3 Å². The quantitative estimate of drug-likeness (QED) is 0.546. The van der Waals surface area contributed by atoms with Crippen molar-refractivity contribution >= 4 is 11.3 Å². The van der Waals surface area contributed by atoms with E-state index in [4.69, 9.17) is 4.74 Å². The van der Waals surface area contributed by atoms with Crippen LogP contribution in [-0.4, -0.2) is 11.2 Å². The zero-order chi connectivity index (χ0) is 18.5. The topological polar surface area (TPSA) is 22.1 Å². The van der Waals surface area contributed by atoms with Gasteiger partial charge in [-0.2, -0.15) is 13.2 Å². The van der Waals surface area contributed by atoms with Crippen molar-refractivity contribution in [3.63, 3.8) is 0 Å². The molecule has 1 aromatic carbocycles. The summed E-state index contributed by atoms with van der Waals surface area (Å²) in [6.45, 7) is -0.0788. The van der Waals surface area contributed by atoms with Gasteiger partial charge in [0.2, 0.25) is 5.60 Å². The van der Waals surface area contributed by atoms with Gasteiger partial charge in [-0.15, -0.1) is 11.3 Å². The Morgan fingerprint density at radius 3 is 2.42 bits per heavy atom. The summed E-state index contributed by atoms with van der Waals surface area (Å²) in [5, 5.41) is 1.60. The number of hydrogen-bond acceptors (Lipinski definition) is 3. The van der Waals surface area contributed by atoms with E-state index in [1.807, 2.05) is 6.07 Å². The number of ether oxygens (including phenoxy) is 1. The minimum absolute atomic E-state index is 0.0109. The molecule has 0 spiro atoms. The van der Waals surface area contributed by atoms with Gasteiger partial charge in [-0.05, 0) is 24.3 Å². The summed E-state index contributed by atoms with van der Waals surface area (Å²) < 4.78 is 48.3. The molecule has 0 saturated heterocycles. The predicted octanol–water partition coefficient (Wildman–Crippen LogP) is 6.48. The molecule has 26 heavy (non-hydrogen) atoms. The standard InChI is InChI=1S/C20H24F3NOS/c21-20(22,23)19(18-24-13-14-26-18,12-11-16-7-3-1-4-8-16)25-15-17-9-5-2-6-10-17/h2,5-6,9-10,13-14,16H,1,3-4,7-8,11-12,15H2. The number of aromatic nitrogens is 1. The van der Waals surface area contributed by atoms with Crippen LogP contribution < -0.4 is 0 Å². The van der Waals surface area contributed by atoms with Crippen LogP contribution in [0, 0.1) is 5.92 Å². The Hall–Kier alpha value is -1.40. The summed E-state index contributed by atoms with van der Waals surface area (Å²) in [5.74, 6) is 0.353. The normalized spacial score (nSPS) is 18.6. The van der Waals surface area contributed by atoms with E-state index in [9.17, 15) is 13.2 Å². The number of alkyl halides is 3. The first-order valence-electron chi connectivity index (χ1n) is 9.16. The zero-order valence-corrected chi connectivity index (χ0v) is 15.5. The second-order valence-electron chi connectivity index (χ2n) is 6.98. The molecule has 1 saturated carbocycles. The SMILES string of the molecule is FC(F)(F)C(CCC1CCCCC1)(OCc1ccccc1)c1nccs1. The molecule has 2 nitrogen and oxygen atoms in total. The van der Waals surface area contributed by atoms with E-state index in [1.165, 1.54) is 12.6 Å². The molecule has 3 rings (SSSR count). The van der Waals surface area contributed by atoms with Gasteiger partial charge in [0.05, 0.1) is 6.61 Å². The summed E-state index contributed by atoms with van der Waals surface area (Å²) >= 11 is 1.02. The van der Waals surface area contributed by atoms with Gasteiger partial charge in [0, 0.05) is 11.6 Å². The zero-order valence-electron chi connectivity index (χ0n) is 14.7. The third-order valence-corrected chi connectivity index (χ3v) is 6.11. The fraction of sp³-hybridized carbons (Fsp3) is 0.550. The molecule has 0 amide bonds. The molecule has 0 N–H and O–H groups in total. The van der Waals surface area contributed by atoms with Gasteiger partial charge in [0.15, 0.2) is 0 Å². The van der Waals surface area contributed by atoms with Crippen molar-refractivity contribution in [2.45, 2.75) is 63.3 Å². The molecule has 1 fully saturated rings. The third-order valence-electron chi connectivity index (χ3n) is 5.19. The summed E-state index contributed by atoms with van der Waals surface area (Å²) in [7, 11) is 0. The van der Waals surface area contributed by atoms with Crippen molar-refractivity contribution in [3.8, 4) is 0 Å². The smallest absolute Gasteiger partial charge is 0.354 e. The van der Waals surface area contributed by atoms with E-state index in [2.05, 4.69) is 4.98 Å². The predicted molar refractivity (Wildman–Crippen MR) is 96.9 cm³/mol. The second kappa shape index (κ2) is 8.53. The number of nitrogens with zero attached hydrogens (tertiary/aromatic N) is 1. The highest BCUT2D eigenvalue weighted by Gasteiger charge is 2.59. The summed E-state index contributed by atoms with van der Waals surface area (Å²) in [4.78, 5) is 4.00. The van der Waals surface area contributed by atoms with Gasteiger partial charge in [-0.3, -0.25) is 0 Å². The Bertz CT molecular complexity index is 653. The molecule has 0 aliphatic heterocycles. The van der Waals surface area contributed by atoms with Gasteiger partial charge >= 0.3 is 6.18 Å². The molecule has 1 unspecified atom stereocenters. The maximum atomic E-state index is 14.2. The average molecular weight is 383 g/mol. The van der Waals surface area contributed by atoms with Crippen LogP contribution in [0.1, 0.15) is 55.5 Å². The third kappa shape index (κ3) is 4.46. The van der Waals surface area contributed by atoms with Crippen LogP contribution in [0.3, 0.4) is 0 Å². The van der Waals surface area contributed by atoms with Crippen molar-refractivity contribution < 1.29 is 17.9 Å². The first-order valence-corrected chi connectivity index (χ1v) is 10.0. The lowest BCUT2D eigenvalue weighted by Crippen LogP contribution is -2.45. The summed E-state index contributed by atoms with van der Waals surface area (Å²) in [5.41, 5.74) is -1.59. The maximum absolute atomic E-state index is 14.2. The fourth-order valence-corrected chi connectivity index (χ4v) is 4.51. The molecule has 1 aliphatic rings. The van der Waals surface area contributed by atoms with E-state index in [1.54, 1.807) is 29.6 Å². The fourth-order valence-electron chi connectivity index (χ4n) is 3.67. The largest absolute Gasteiger partial charge is 0.424 e. The van der Waals surface area contributed by atoms with Gasteiger partial charge < -0.3 is 4.74 Å². The van der Waals surface area contributed by atoms with Crippen LogP contribution in [0.25, 0.3) is 0 Å². The van der Waals surface area contributed by atoms with E-state index in [0.717, 1.165) is 42.6 Å². The first-order chi connectivity index (χ1) is 12.5. The Kier molecular flexibility index (Phi) is 6.35. The molecule has 1 atom stereocenters. The molecule has 1 aliphatic carbocycles. The number of benzene rings is 1. The van der Waals surface area contributed by atoms with Gasteiger partial charge in [0.1, 0.15) is 5.01 Å². The Labute approximate surface area is 156 Å². The highest BCUT2D eigenvalue weighted by Crippen LogP contribution is 2.48. The molecule has 6 heteroatoms. The highest BCUT2D eigenvalue weighted by molar-refractivity contribution is 7.09. The molecular weight excluding hydrogens is 359 g/mol. The first kappa shape index (κ1) is 19.4. The maximum Gasteiger partial charge on any atom is 0.424 e. The van der Waals surface area contributed by atoms with Crippen molar-refractivity contribution in [1.82, 2.24) is 4.98 Å². The molecule has 1 heterocycles. The number of halogens is 3. The highest BCUT2D eigenvalue weighted by atomic mass is 32.1. The molecule has 2 aromatic rings. The van der Waals surface area contributed by atoms with E-state index in [-0.39, 0.29) is 18.0 Å². The van der Waals surface area contributed by atoms with Gasteiger partial charge in [-0.1, -0.05) is 62.4 Å². The van der Waals surface area contributed by atoms with E-state index in [0.29, 0.717) is 12.3 Å². The lowest BCUT2D eigenvalue weighted by atomic mass is 9.83. The average Bonchev–Trinajstić information content (AvgIpc) is 3.18. The van der Waals surface area contributed by atoms with Crippen LogP contribution in [-0.2, 0) is 16.9 Å². The van der Waals surface area contributed by atoms with Crippen molar-refractivity contribution in [2.75, 3.05) is 0 Å². The molecule has 0 bridgehead atoms. The number of rotatable bonds is 7. The number of thiazole rings is 1. The molecule has 142 valence electrons. The van der Waals surface area contributed by atoms with Crippen LogP contribution in [0.4, 0.5) is 13.2 Å². The second-order valence-corrected chi connectivity index (χ2v) is 7.87. The van der Waals surface area contributed by atoms with Crippen LogP contribution in [0.15, 0.2) is 41.9 Å². The van der Waals surface area contributed by atoms with Crippen LogP contribution in [0.2, 0.25) is 0 Å². The van der Waals surface area contributed by atoms with Gasteiger partial charge in [0.25, 0.3) is 0 Å². The van der Waals surface area contributed by atoms with E-state index < -0.39 is 11.8 Å². The molecular formula is C20H24F3NOS. The summed E-state index contributed by atoms with van der Waals surface area (Å²) in [6, 6.07) is 9.01. The Balaban J connectivity index is 1.82. The Morgan fingerprint density at radius 2 is 1.81 bits per heavy atom. The van der Waals surface area contributed by atoms with E-state index >= 15 is 0 Å². The monoisotopic (exact) mass is 383 g/mol. The Morgan fingerprint density at radius 1 is 1.08 bits per heavy atom. The van der Waals surface area contributed by atoms with Crippen molar-refractivity contribution in [3.05, 3.63) is 52.5 Å². The minimum Gasteiger partial charge on any atom is -0.354 e. The summed E-state index contributed by atoms with van der Waals surface area (Å²) in [6.07, 6.45) is 2.83. The molecule has 0 radical (unpaired) electrons. The lowest BCUT2D eigenvalue weighted by Gasteiger charge is -2.35. The van der Waals surface area contributed by atoms with Crippen molar-refractivity contribution in [2.24, 2.45) is 5.92 Å².